The van der Waals surface area contributed by atoms with Crippen LogP contribution in [0.3, 0.4) is 0 Å². The van der Waals surface area contributed by atoms with Crippen molar-refractivity contribution in [2.75, 3.05) is 19.8 Å². The van der Waals surface area contributed by atoms with E-state index < -0.39 is 0 Å². The van der Waals surface area contributed by atoms with Gasteiger partial charge in [0.2, 0.25) is 0 Å². The molecule has 0 aromatic heterocycles. The molecule has 0 bridgehead atoms. The summed E-state index contributed by atoms with van der Waals surface area (Å²) in [6, 6.07) is 7.41. The average Bonchev–Trinajstić information content (AvgIpc) is 2.05. The fraction of sp³-hybridized carbons (Fsp3) is 0.400. The van der Waals surface area contributed by atoms with Crippen molar-refractivity contribution in [2.24, 2.45) is 5.92 Å². The van der Waals surface area contributed by atoms with E-state index in [1.165, 1.54) is 0 Å². The van der Waals surface area contributed by atoms with E-state index in [-0.39, 0.29) is 0 Å². The van der Waals surface area contributed by atoms with Crippen LogP contribution < -0.4 is 4.74 Å². The number of hydrogen-bond donors (Lipinski definition) is 0. The zero-order chi connectivity index (χ0) is 9.10. The summed E-state index contributed by atoms with van der Waals surface area (Å²) in [5.74, 6) is 1.44. The minimum Gasteiger partial charge on any atom is -0.493 e. The maximum Gasteiger partial charge on any atom is 0.119 e. The summed E-state index contributed by atoms with van der Waals surface area (Å²) >= 11 is 5.74. The highest BCUT2D eigenvalue weighted by atomic mass is 35.5. The summed E-state index contributed by atoms with van der Waals surface area (Å²) < 4.78 is 10.6. The summed E-state index contributed by atoms with van der Waals surface area (Å²) in [6.07, 6.45) is 0. The van der Waals surface area contributed by atoms with Gasteiger partial charge in [-0.05, 0) is 24.3 Å². The Balaban J connectivity index is 1.83. The van der Waals surface area contributed by atoms with E-state index in [2.05, 4.69) is 0 Å². The maximum atomic E-state index is 5.74. The zero-order valence-corrected chi connectivity index (χ0v) is 7.96. The molecule has 70 valence electrons. The molecule has 1 aliphatic rings. The van der Waals surface area contributed by atoms with Crippen LogP contribution in [-0.2, 0) is 4.74 Å². The Labute approximate surface area is 82.4 Å². The van der Waals surface area contributed by atoms with E-state index in [0.717, 1.165) is 30.6 Å². The van der Waals surface area contributed by atoms with Crippen LogP contribution >= 0.6 is 11.6 Å². The van der Waals surface area contributed by atoms with Crippen LogP contribution in [0.2, 0.25) is 5.02 Å². The predicted molar refractivity (Wildman–Crippen MR) is 51.3 cm³/mol. The van der Waals surface area contributed by atoms with Crippen molar-refractivity contribution in [1.29, 1.82) is 0 Å². The lowest BCUT2D eigenvalue weighted by molar-refractivity contribution is -0.0508. The minimum atomic E-state index is 0.565. The molecule has 0 N–H and O–H groups in total. The molecule has 1 aliphatic heterocycles. The standard InChI is InChI=1S/C10H11ClO2/c11-9-1-3-10(4-2-9)13-7-8-5-12-6-8/h1-4,8H,5-7H2. The largest absolute Gasteiger partial charge is 0.493 e. The molecule has 1 saturated heterocycles. The molecule has 0 atom stereocenters. The highest BCUT2D eigenvalue weighted by molar-refractivity contribution is 6.30. The molecular formula is C10H11ClO2. The van der Waals surface area contributed by atoms with Crippen molar-refractivity contribution in [1.82, 2.24) is 0 Å². The fourth-order valence-corrected chi connectivity index (χ4v) is 1.25. The molecule has 1 heterocycles. The third-order valence-electron chi connectivity index (χ3n) is 2.01. The van der Waals surface area contributed by atoms with Crippen LogP contribution in [0.5, 0.6) is 5.75 Å². The van der Waals surface area contributed by atoms with Crippen LogP contribution in [-0.4, -0.2) is 19.8 Å². The molecule has 1 aromatic rings. The second-order valence-electron chi connectivity index (χ2n) is 3.17. The molecule has 0 unspecified atom stereocenters. The SMILES string of the molecule is Clc1ccc(OCC2COC2)cc1. The van der Waals surface area contributed by atoms with Gasteiger partial charge in [0.15, 0.2) is 0 Å². The van der Waals surface area contributed by atoms with Gasteiger partial charge in [-0.25, -0.2) is 0 Å². The van der Waals surface area contributed by atoms with E-state index in [0.29, 0.717) is 5.92 Å². The molecule has 1 fully saturated rings. The van der Waals surface area contributed by atoms with Gasteiger partial charge in [0.25, 0.3) is 0 Å². The van der Waals surface area contributed by atoms with Crippen molar-refractivity contribution in [3.8, 4) is 5.75 Å². The Bertz CT molecular complexity index is 267. The van der Waals surface area contributed by atoms with Gasteiger partial charge < -0.3 is 9.47 Å². The molecule has 0 saturated carbocycles. The van der Waals surface area contributed by atoms with Gasteiger partial charge in [-0.15, -0.1) is 0 Å². The predicted octanol–water partition coefficient (Wildman–Crippen LogP) is 2.37. The summed E-state index contributed by atoms with van der Waals surface area (Å²) in [4.78, 5) is 0. The van der Waals surface area contributed by atoms with Gasteiger partial charge in [0, 0.05) is 10.9 Å². The lowest BCUT2D eigenvalue weighted by Gasteiger charge is -2.25. The molecule has 2 nitrogen and oxygen atoms in total. The summed E-state index contributed by atoms with van der Waals surface area (Å²) in [6.45, 7) is 2.39. The molecule has 0 radical (unpaired) electrons. The molecule has 1 aromatic carbocycles. The zero-order valence-electron chi connectivity index (χ0n) is 7.20. The second kappa shape index (κ2) is 3.99. The lowest BCUT2D eigenvalue weighted by Crippen LogP contribution is -2.32. The number of rotatable bonds is 3. The number of halogens is 1. The summed E-state index contributed by atoms with van der Waals surface area (Å²) in [7, 11) is 0. The Morgan fingerprint density at radius 2 is 2.00 bits per heavy atom. The molecule has 3 heteroatoms. The Hall–Kier alpha value is -0.730. The Kier molecular flexibility index (Phi) is 2.71. The summed E-state index contributed by atoms with van der Waals surface area (Å²) in [5, 5.41) is 0.735. The first kappa shape index (κ1) is 8.85. The van der Waals surface area contributed by atoms with E-state index in [1.807, 2.05) is 24.3 Å². The van der Waals surface area contributed by atoms with Crippen LogP contribution in [0.25, 0.3) is 0 Å². The normalized spacial score (nSPS) is 16.7. The molecule has 0 amide bonds. The fourth-order valence-electron chi connectivity index (χ4n) is 1.13. The minimum absolute atomic E-state index is 0.565. The van der Waals surface area contributed by atoms with Gasteiger partial charge in [0.05, 0.1) is 19.8 Å². The van der Waals surface area contributed by atoms with Gasteiger partial charge in [-0.2, -0.15) is 0 Å². The molecule has 0 spiro atoms. The van der Waals surface area contributed by atoms with Gasteiger partial charge in [-0.1, -0.05) is 11.6 Å². The highest BCUT2D eigenvalue weighted by Crippen LogP contribution is 2.17. The number of benzene rings is 1. The van der Waals surface area contributed by atoms with E-state index >= 15 is 0 Å². The highest BCUT2D eigenvalue weighted by Gasteiger charge is 2.18. The molecular weight excluding hydrogens is 188 g/mol. The van der Waals surface area contributed by atoms with Crippen LogP contribution in [0.1, 0.15) is 0 Å². The number of hydrogen-bond acceptors (Lipinski definition) is 2. The lowest BCUT2D eigenvalue weighted by atomic mass is 10.1. The molecule has 13 heavy (non-hydrogen) atoms. The van der Waals surface area contributed by atoms with E-state index in [4.69, 9.17) is 21.1 Å². The Morgan fingerprint density at radius 3 is 2.54 bits per heavy atom. The van der Waals surface area contributed by atoms with Crippen molar-refractivity contribution < 1.29 is 9.47 Å². The monoisotopic (exact) mass is 198 g/mol. The number of ether oxygens (including phenoxy) is 2. The van der Waals surface area contributed by atoms with Gasteiger partial charge in [-0.3, -0.25) is 0 Å². The smallest absolute Gasteiger partial charge is 0.119 e. The van der Waals surface area contributed by atoms with Crippen molar-refractivity contribution in [3.05, 3.63) is 29.3 Å². The third kappa shape index (κ3) is 2.36. The van der Waals surface area contributed by atoms with Crippen LogP contribution in [0, 0.1) is 5.92 Å². The Morgan fingerprint density at radius 1 is 1.31 bits per heavy atom. The quantitative estimate of drug-likeness (QED) is 0.743. The topological polar surface area (TPSA) is 18.5 Å². The van der Waals surface area contributed by atoms with Crippen molar-refractivity contribution in [2.45, 2.75) is 0 Å². The van der Waals surface area contributed by atoms with Crippen molar-refractivity contribution in [3.63, 3.8) is 0 Å². The van der Waals surface area contributed by atoms with E-state index in [9.17, 15) is 0 Å². The van der Waals surface area contributed by atoms with Crippen LogP contribution in [0.15, 0.2) is 24.3 Å². The maximum absolute atomic E-state index is 5.74. The van der Waals surface area contributed by atoms with Gasteiger partial charge in [0.1, 0.15) is 5.75 Å². The van der Waals surface area contributed by atoms with E-state index in [1.54, 1.807) is 0 Å². The van der Waals surface area contributed by atoms with Crippen molar-refractivity contribution >= 4 is 11.6 Å². The van der Waals surface area contributed by atoms with Gasteiger partial charge >= 0.3 is 0 Å². The summed E-state index contributed by atoms with van der Waals surface area (Å²) in [5.41, 5.74) is 0. The molecule has 0 aliphatic carbocycles. The third-order valence-corrected chi connectivity index (χ3v) is 2.26. The van der Waals surface area contributed by atoms with Crippen LogP contribution in [0.4, 0.5) is 0 Å². The second-order valence-corrected chi connectivity index (χ2v) is 3.60. The molecule has 2 rings (SSSR count). The first-order chi connectivity index (χ1) is 6.34. The first-order valence-corrected chi connectivity index (χ1v) is 4.68. The average molecular weight is 199 g/mol. The first-order valence-electron chi connectivity index (χ1n) is 4.31.